The van der Waals surface area contributed by atoms with Crippen molar-refractivity contribution in [1.82, 2.24) is 10.2 Å². The Morgan fingerprint density at radius 3 is 2.57 bits per heavy atom. The minimum atomic E-state index is 0.0203. The van der Waals surface area contributed by atoms with Crippen molar-refractivity contribution < 1.29 is 5.11 Å². The number of aliphatic hydroxyl groups excluding tert-OH is 1. The average Bonchev–Trinajstić information content (AvgIpc) is 2.28. The van der Waals surface area contributed by atoms with Crippen LogP contribution in [-0.4, -0.2) is 48.3 Å². The predicted molar refractivity (Wildman–Crippen MR) is 57.3 cm³/mol. The molecular weight excluding hydrogens is 176 g/mol. The minimum Gasteiger partial charge on any atom is -0.394 e. The summed E-state index contributed by atoms with van der Waals surface area (Å²) in [6.45, 7) is 7.03. The molecule has 3 fully saturated rings. The highest BCUT2D eigenvalue weighted by molar-refractivity contribution is 5.03. The summed E-state index contributed by atoms with van der Waals surface area (Å²) in [5, 5.41) is 13.2. The first kappa shape index (κ1) is 10.4. The van der Waals surface area contributed by atoms with E-state index in [1.807, 2.05) is 0 Å². The summed E-state index contributed by atoms with van der Waals surface area (Å²) < 4.78 is 0. The van der Waals surface area contributed by atoms with E-state index in [1.165, 1.54) is 25.9 Å². The summed E-state index contributed by atoms with van der Waals surface area (Å²) in [5.74, 6) is 0.698. The number of hydrogen-bond donors (Lipinski definition) is 2. The van der Waals surface area contributed by atoms with Gasteiger partial charge in [0, 0.05) is 6.54 Å². The van der Waals surface area contributed by atoms with Gasteiger partial charge in [-0.3, -0.25) is 0 Å². The predicted octanol–water partition coefficient (Wildman–Crippen LogP) is 0.443. The van der Waals surface area contributed by atoms with Gasteiger partial charge in [-0.1, -0.05) is 6.92 Å². The van der Waals surface area contributed by atoms with Crippen LogP contribution >= 0.6 is 0 Å². The molecule has 0 aromatic rings. The summed E-state index contributed by atoms with van der Waals surface area (Å²) >= 11 is 0. The van der Waals surface area contributed by atoms with Gasteiger partial charge in [-0.2, -0.15) is 0 Å². The molecule has 3 saturated heterocycles. The van der Waals surface area contributed by atoms with Crippen molar-refractivity contribution in [2.75, 3.05) is 32.8 Å². The molecule has 2 bridgehead atoms. The molecule has 1 unspecified atom stereocenters. The van der Waals surface area contributed by atoms with Crippen LogP contribution in [0.4, 0.5) is 0 Å². The SMILES string of the molecule is CCCNC1(CO)CN2CCC1CC2. The first-order valence-corrected chi connectivity index (χ1v) is 5.89. The lowest BCUT2D eigenvalue weighted by Crippen LogP contribution is -2.67. The summed E-state index contributed by atoms with van der Waals surface area (Å²) in [7, 11) is 0. The van der Waals surface area contributed by atoms with Gasteiger partial charge in [0.1, 0.15) is 0 Å². The van der Waals surface area contributed by atoms with Crippen LogP contribution in [-0.2, 0) is 0 Å². The number of hydrogen-bond acceptors (Lipinski definition) is 3. The lowest BCUT2D eigenvalue weighted by Gasteiger charge is -2.53. The quantitative estimate of drug-likeness (QED) is 0.688. The molecule has 0 saturated carbocycles. The van der Waals surface area contributed by atoms with Gasteiger partial charge in [-0.25, -0.2) is 0 Å². The van der Waals surface area contributed by atoms with Gasteiger partial charge in [0.15, 0.2) is 0 Å². The molecule has 3 nitrogen and oxygen atoms in total. The first-order chi connectivity index (χ1) is 6.80. The van der Waals surface area contributed by atoms with E-state index in [0.29, 0.717) is 12.5 Å². The Kier molecular flexibility index (Phi) is 3.10. The Balaban J connectivity index is 2.03. The minimum absolute atomic E-state index is 0.0203. The molecule has 0 radical (unpaired) electrons. The van der Waals surface area contributed by atoms with Crippen molar-refractivity contribution in [2.24, 2.45) is 5.92 Å². The molecule has 3 rings (SSSR count). The third-order valence-corrected chi connectivity index (χ3v) is 3.88. The Morgan fingerprint density at radius 1 is 1.43 bits per heavy atom. The highest BCUT2D eigenvalue weighted by Crippen LogP contribution is 2.35. The third kappa shape index (κ3) is 1.69. The van der Waals surface area contributed by atoms with Crippen LogP contribution in [0, 0.1) is 5.92 Å². The zero-order valence-electron chi connectivity index (χ0n) is 9.13. The second-order valence-electron chi connectivity index (χ2n) is 4.79. The summed E-state index contributed by atoms with van der Waals surface area (Å²) in [6, 6.07) is 0. The maximum Gasteiger partial charge on any atom is 0.0628 e. The molecule has 3 heteroatoms. The zero-order chi connectivity index (χ0) is 10.0. The largest absolute Gasteiger partial charge is 0.394 e. The highest BCUT2D eigenvalue weighted by Gasteiger charge is 2.45. The van der Waals surface area contributed by atoms with Crippen molar-refractivity contribution in [3.63, 3.8) is 0 Å². The molecule has 14 heavy (non-hydrogen) atoms. The molecule has 0 amide bonds. The fraction of sp³-hybridized carbons (Fsp3) is 1.00. The molecule has 2 N–H and O–H groups in total. The maximum atomic E-state index is 9.60. The Morgan fingerprint density at radius 2 is 2.14 bits per heavy atom. The molecule has 0 aromatic heterocycles. The van der Waals surface area contributed by atoms with Crippen LogP contribution in [0.1, 0.15) is 26.2 Å². The smallest absolute Gasteiger partial charge is 0.0628 e. The van der Waals surface area contributed by atoms with Crippen LogP contribution in [0.15, 0.2) is 0 Å². The van der Waals surface area contributed by atoms with E-state index in [-0.39, 0.29) is 5.54 Å². The number of piperidine rings is 3. The molecule has 0 aliphatic carbocycles. The summed E-state index contributed by atoms with van der Waals surface area (Å²) in [4.78, 5) is 2.48. The van der Waals surface area contributed by atoms with Crippen LogP contribution in [0.2, 0.25) is 0 Å². The molecule has 3 heterocycles. The lowest BCUT2D eigenvalue weighted by molar-refractivity contribution is -0.0249. The van der Waals surface area contributed by atoms with Crippen molar-refractivity contribution in [3.05, 3.63) is 0 Å². The fourth-order valence-corrected chi connectivity index (χ4v) is 2.98. The van der Waals surface area contributed by atoms with Gasteiger partial charge in [0.05, 0.1) is 12.1 Å². The van der Waals surface area contributed by atoms with E-state index in [1.54, 1.807) is 0 Å². The van der Waals surface area contributed by atoms with Gasteiger partial charge in [0.25, 0.3) is 0 Å². The van der Waals surface area contributed by atoms with E-state index < -0.39 is 0 Å². The maximum absolute atomic E-state index is 9.60. The van der Waals surface area contributed by atoms with Gasteiger partial charge in [-0.15, -0.1) is 0 Å². The molecule has 0 spiro atoms. The van der Waals surface area contributed by atoms with Crippen molar-refractivity contribution >= 4 is 0 Å². The normalized spacial score (nSPS) is 41.6. The lowest BCUT2D eigenvalue weighted by atomic mass is 9.73. The van der Waals surface area contributed by atoms with Gasteiger partial charge >= 0.3 is 0 Å². The Hall–Kier alpha value is -0.120. The van der Waals surface area contributed by atoms with Crippen LogP contribution in [0.25, 0.3) is 0 Å². The van der Waals surface area contributed by atoms with E-state index in [4.69, 9.17) is 0 Å². The fourth-order valence-electron chi connectivity index (χ4n) is 2.98. The Labute approximate surface area is 86.5 Å². The van der Waals surface area contributed by atoms with Crippen molar-refractivity contribution in [2.45, 2.75) is 31.7 Å². The van der Waals surface area contributed by atoms with E-state index in [9.17, 15) is 5.11 Å². The summed E-state index contributed by atoms with van der Waals surface area (Å²) in [5.41, 5.74) is 0.0203. The highest BCUT2D eigenvalue weighted by atomic mass is 16.3. The standard InChI is InChI=1S/C11H22N2O/c1-2-5-12-11(9-14)8-13-6-3-10(11)4-7-13/h10,12,14H,2-9H2,1H3. The topological polar surface area (TPSA) is 35.5 Å². The molecule has 0 aromatic carbocycles. The molecule has 1 atom stereocenters. The van der Waals surface area contributed by atoms with Crippen molar-refractivity contribution in [1.29, 1.82) is 0 Å². The first-order valence-electron chi connectivity index (χ1n) is 5.89. The van der Waals surface area contributed by atoms with Crippen LogP contribution in [0.5, 0.6) is 0 Å². The van der Waals surface area contributed by atoms with Crippen molar-refractivity contribution in [3.8, 4) is 0 Å². The van der Waals surface area contributed by atoms with E-state index >= 15 is 0 Å². The number of aliphatic hydroxyl groups is 1. The summed E-state index contributed by atoms with van der Waals surface area (Å²) in [6.07, 6.45) is 3.67. The van der Waals surface area contributed by atoms with Crippen LogP contribution < -0.4 is 5.32 Å². The number of nitrogens with one attached hydrogen (secondary N) is 1. The second-order valence-corrected chi connectivity index (χ2v) is 4.79. The molecular formula is C11H22N2O. The zero-order valence-corrected chi connectivity index (χ0v) is 9.13. The number of nitrogens with zero attached hydrogens (tertiary/aromatic N) is 1. The monoisotopic (exact) mass is 198 g/mol. The van der Waals surface area contributed by atoms with E-state index in [2.05, 4.69) is 17.1 Å². The average molecular weight is 198 g/mol. The molecule has 3 aliphatic rings. The third-order valence-electron chi connectivity index (χ3n) is 3.88. The number of fused-ring (bicyclic) bond motifs is 3. The van der Waals surface area contributed by atoms with Gasteiger partial charge in [0.2, 0.25) is 0 Å². The molecule has 82 valence electrons. The van der Waals surface area contributed by atoms with Crippen LogP contribution in [0.3, 0.4) is 0 Å². The van der Waals surface area contributed by atoms with Gasteiger partial charge < -0.3 is 15.3 Å². The van der Waals surface area contributed by atoms with E-state index in [0.717, 1.165) is 19.5 Å². The Bertz CT molecular complexity index is 190. The molecule has 3 aliphatic heterocycles. The number of rotatable bonds is 4. The second kappa shape index (κ2) is 4.17. The van der Waals surface area contributed by atoms with Gasteiger partial charge in [-0.05, 0) is 44.8 Å².